The zero-order chi connectivity index (χ0) is 17.3. The number of nitro benzene ring substituents is 1. The Kier molecular flexibility index (Phi) is 4.41. The predicted molar refractivity (Wildman–Crippen MR) is 95.1 cm³/mol. The summed E-state index contributed by atoms with van der Waals surface area (Å²) in [5.41, 5.74) is 0.799. The van der Waals surface area contributed by atoms with Crippen molar-refractivity contribution < 1.29 is 14.1 Å². The number of benzene rings is 2. The molecule has 1 saturated heterocycles. The molecule has 0 aromatic heterocycles. The van der Waals surface area contributed by atoms with E-state index in [9.17, 15) is 19.3 Å². The lowest BCUT2D eigenvalue weighted by Crippen LogP contribution is -2.27. The number of non-ortho nitro benzene ring substituents is 1. The SMILES string of the molecule is O=C1/C(=C/c2cccc([N+](=O)[O-])c2)SC(=S)N1c1cccc(F)c1. The van der Waals surface area contributed by atoms with Crippen LogP contribution in [0.5, 0.6) is 0 Å². The van der Waals surface area contributed by atoms with Crippen LogP contribution in [0.15, 0.2) is 53.4 Å². The van der Waals surface area contributed by atoms with Crippen molar-refractivity contribution in [1.82, 2.24) is 0 Å². The highest BCUT2D eigenvalue weighted by molar-refractivity contribution is 8.27. The fraction of sp³-hybridized carbons (Fsp3) is 0. The van der Waals surface area contributed by atoms with Crippen LogP contribution in [0, 0.1) is 15.9 Å². The van der Waals surface area contributed by atoms with Crippen LogP contribution in [0.4, 0.5) is 15.8 Å². The number of nitro groups is 1. The van der Waals surface area contributed by atoms with Gasteiger partial charge in [-0.05, 0) is 29.8 Å². The van der Waals surface area contributed by atoms with Crippen molar-refractivity contribution in [2.75, 3.05) is 4.90 Å². The van der Waals surface area contributed by atoms with Gasteiger partial charge < -0.3 is 0 Å². The first-order valence-corrected chi connectivity index (χ1v) is 7.96. The number of hydrogen-bond acceptors (Lipinski definition) is 5. The van der Waals surface area contributed by atoms with Crippen LogP contribution in [0.2, 0.25) is 0 Å². The number of anilines is 1. The second-order valence-corrected chi connectivity index (χ2v) is 6.52. The van der Waals surface area contributed by atoms with Crippen LogP contribution >= 0.6 is 24.0 Å². The lowest BCUT2D eigenvalue weighted by Gasteiger charge is -2.14. The Hall–Kier alpha value is -2.58. The molecule has 8 heteroatoms. The van der Waals surface area contributed by atoms with E-state index in [0.29, 0.717) is 16.2 Å². The van der Waals surface area contributed by atoms with Gasteiger partial charge in [0.25, 0.3) is 11.6 Å². The van der Waals surface area contributed by atoms with Crippen LogP contribution < -0.4 is 4.90 Å². The molecule has 0 spiro atoms. The molecule has 1 heterocycles. The quantitative estimate of drug-likeness (QED) is 0.356. The van der Waals surface area contributed by atoms with Gasteiger partial charge in [0, 0.05) is 12.1 Å². The molecule has 1 amide bonds. The highest BCUT2D eigenvalue weighted by Crippen LogP contribution is 2.36. The maximum absolute atomic E-state index is 13.4. The number of amides is 1. The Labute approximate surface area is 145 Å². The van der Waals surface area contributed by atoms with Gasteiger partial charge in [-0.3, -0.25) is 19.8 Å². The molecule has 5 nitrogen and oxygen atoms in total. The third kappa shape index (κ3) is 3.19. The maximum atomic E-state index is 13.4. The molecule has 0 aliphatic carbocycles. The molecule has 0 saturated carbocycles. The molecule has 2 aromatic carbocycles. The summed E-state index contributed by atoms with van der Waals surface area (Å²) in [6, 6.07) is 11.5. The van der Waals surface area contributed by atoms with E-state index < -0.39 is 10.7 Å². The van der Waals surface area contributed by atoms with Gasteiger partial charge in [0.2, 0.25) is 0 Å². The molecule has 0 N–H and O–H groups in total. The average Bonchev–Trinajstić information content (AvgIpc) is 2.81. The zero-order valence-corrected chi connectivity index (χ0v) is 13.6. The van der Waals surface area contributed by atoms with E-state index >= 15 is 0 Å². The molecule has 24 heavy (non-hydrogen) atoms. The lowest BCUT2D eigenvalue weighted by molar-refractivity contribution is -0.384. The Morgan fingerprint density at radius 2 is 1.96 bits per heavy atom. The third-order valence-electron chi connectivity index (χ3n) is 3.24. The summed E-state index contributed by atoms with van der Waals surface area (Å²) >= 11 is 6.27. The van der Waals surface area contributed by atoms with Gasteiger partial charge in [-0.1, -0.05) is 42.2 Å². The van der Waals surface area contributed by atoms with Gasteiger partial charge in [-0.15, -0.1) is 0 Å². The number of carbonyl (C=O) groups excluding carboxylic acids is 1. The summed E-state index contributed by atoms with van der Waals surface area (Å²) in [5.74, 6) is -0.855. The Balaban J connectivity index is 1.94. The van der Waals surface area contributed by atoms with Crippen LogP contribution in [0.1, 0.15) is 5.56 Å². The Morgan fingerprint density at radius 1 is 1.21 bits per heavy atom. The number of thiocarbonyl (C=S) groups is 1. The normalized spacial score (nSPS) is 16.0. The predicted octanol–water partition coefficient (Wildman–Crippen LogP) is 4.14. The van der Waals surface area contributed by atoms with E-state index in [0.717, 1.165) is 11.8 Å². The third-order valence-corrected chi connectivity index (χ3v) is 4.54. The van der Waals surface area contributed by atoms with E-state index in [1.165, 1.54) is 47.4 Å². The summed E-state index contributed by atoms with van der Waals surface area (Å²) in [7, 11) is 0. The van der Waals surface area contributed by atoms with Crippen LogP contribution in [-0.4, -0.2) is 15.2 Å². The monoisotopic (exact) mass is 360 g/mol. The topological polar surface area (TPSA) is 63.4 Å². The molecule has 1 aliphatic heterocycles. The standard InChI is InChI=1S/C16H9FN2O3S2/c17-11-4-2-5-12(9-11)18-15(20)14(24-16(18)23)8-10-3-1-6-13(7-10)19(21)22/h1-9H/b14-8-. The largest absolute Gasteiger partial charge is 0.270 e. The number of carbonyl (C=O) groups is 1. The van der Waals surface area contributed by atoms with E-state index in [-0.39, 0.29) is 15.9 Å². The molecular weight excluding hydrogens is 351 g/mol. The molecule has 0 unspecified atom stereocenters. The molecule has 120 valence electrons. The van der Waals surface area contributed by atoms with E-state index in [1.54, 1.807) is 12.1 Å². The van der Waals surface area contributed by atoms with Gasteiger partial charge in [0.1, 0.15) is 5.82 Å². The Bertz CT molecular complexity index is 898. The summed E-state index contributed by atoms with van der Waals surface area (Å²) in [6.45, 7) is 0. The van der Waals surface area contributed by atoms with Crippen molar-refractivity contribution in [2.45, 2.75) is 0 Å². The summed E-state index contributed by atoms with van der Waals surface area (Å²) < 4.78 is 13.7. The molecule has 3 rings (SSSR count). The average molecular weight is 360 g/mol. The first kappa shape index (κ1) is 16.3. The van der Waals surface area contributed by atoms with Crippen molar-refractivity contribution in [3.8, 4) is 0 Å². The summed E-state index contributed by atoms with van der Waals surface area (Å²) in [4.78, 5) is 24.4. The van der Waals surface area contributed by atoms with Gasteiger partial charge in [-0.25, -0.2) is 4.39 Å². The smallest absolute Gasteiger partial charge is 0.268 e. The zero-order valence-electron chi connectivity index (χ0n) is 12.0. The van der Waals surface area contributed by atoms with Crippen LogP contribution in [-0.2, 0) is 4.79 Å². The molecule has 0 bridgehead atoms. The fourth-order valence-corrected chi connectivity index (χ4v) is 3.48. The number of rotatable bonds is 3. The molecule has 2 aromatic rings. The van der Waals surface area contributed by atoms with Gasteiger partial charge in [-0.2, -0.15) is 0 Å². The van der Waals surface area contributed by atoms with Gasteiger partial charge in [0.15, 0.2) is 4.32 Å². The molecule has 0 radical (unpaired) electrons. The first-order valence-electron chi connectivity index (χ1n) is 6.74. The number of halogens is 1. The lowest BCUT2D eigenvalue weighted by atomic mass is 10.2. The molecule has 1 aliphatic rings. The van der Waals surface area contributed by atoms with Crippen molar-refractivity contribution in [3.63, 3.8) is 0 Å². The highest BCUT2D eigenvalue weighted by atomic mass is 32.2. The van der Waals surface area contributed by atoms with E-state index in [1.807, 2.05) is 0 Å². The highest BCUT2D eigenvalue weighted by Gasteiger charge is 2.33. The molecular formula is C16H9FN2O3S2. The molecule has 1 fully saturated rings. The van der Waals surface area contributed by atoms with Crippen LogP contribution in [0.3, 0.4) is 0 Å². The number of nitrogens with zero attached hydrogens (tertiary/aromatic N) is 2. The fourth-order valence-electron chi connectivity index (χ4n) is 2.19. The molecule has 0 atom stereocenters. The van der Waals surface area contributed by atoms with Crippen molar-refractivity contribution in [1.29, 1.82) is 0 Å². The van der Waals surface area contributed by atoms with Crippen molar-refractivity contribution in [3.05, 3.63) is 74.9 Å². The maximum Gasteiger partial charge on any atom is 0.270 e. The van der Waals surface area contributed by atoms with E-state index in [4.69, 9.17) is 12.2 Å². The minimum absolute atomic E-state index is 0.0654. The summed E-state index contributed by atoms with van der Waals surface area (Å²) in [5, 5.41) is 10.8. The summed E-state index contributed by atoms with van der Waals surface area (Å²) in [6.07, 6.45) is 1.53. The second-order valence-electron chi connectivity index (χ2n) is 4.85. The second kappa shape index (κ2) is 6.50. The Morgan fingerprint density at radius 3 is 2.67 bits per heavy atom. The minimum atomic E-state index is -0.505. The number of thioether (sulfide) groups is 1. The number of hydrogen-bond donors (Lipinski definition) is 0. The van der Waals surface area contributed by atoms with E-state index in [2.05, 4.69) is 0 Å². The van der Waals surface area contributed by atoms with Gasteiger partial charge >= 0.3 is 0 Å². The van der Waals surface area contributed by atoms with Crippen molar-refractivity contribution >= 4 is 51.7 Å². The van der Waals surface area contributed by atoms with Crippen molar-refractivity contribution in [2.24, 2.45) is 0 Å². The minimum Gasteiger partial charge on any atom is -0.268 e. The first-order chi connectivity index (χ1) is 11.5. The van der Waals surface area contributed by atoms with Gasteiger partial charge in [0.05, 0.1) is 15.5 Å². The van der Waals surface area contributed by atoms with Crippen LogP contribution in [0.25, 0.3) is 6.08 Å².